The van der Waals surface area contributed by atoms with Crippen LogP contribution in [0.5, 0.6) is 0 Å². The van der Waals surface area contributed by atoms with Crippen molar-refractivity contribution in [3.8, 4) is 0 Å². The zero-order valence-corrected chi connectivity index (χ0v) is 2.70. The van der Waals surface area contributed by atoms with Crippen molar-refractivity contribution in [2.75, 3.05) is 0 Å². The van der Waals surface area contributed by atoms with E-state index in [9.17, 15) is 0 Å². The van der Waals surface area contributed by atoms with Crippen LogP contribution < -0.4 is 6.15 Å². The van der Waals surface area contributed by atoms with Crippen LogP contribution in [0.15, 0.2) is 4.70 Å². The van der Waals surface area contributed by atoms with Gasteiger partial charge in [-0.05, 0) is 0 Å². The van der Waals surface area contributed by atoms with Crippen LogP contribution in [-0.2, 0) is 0 Å². The van der Waals surface area contributed by atoms with Crippen LogP contribution in [0.2, 0.25) is 0 Å². The van der Waals surface area contributed by atoms with E-state index in [0.717, 1.165) is 0 Å². The molecule has 0 saturated heterocycles. The Labute approximate surface area is 28.6 Å². The molecular weight excluding hydrogens is 79.5 g/mol. The molecule has 0 aliphatic carbocycles. The van der Waals surface area contributed by atoms with Crippen LogP contribution >= 0.6 is 11.8 Å². The van der Waals surface area contributed by atoms with Gasteiger partial charge in [-0.25, -0.2) is 0 Å². The van der Waals surface area contributed by atoms with Gasteiger partial charge in [0.25, 0.3) is 0 Å². The summed E-state index contributed by atoms with van der Waals surface area (Å²) in [6, 6.07) is 0. The molecule has 0 radical (unpaired) electrons. The molecule has 4 heteroatoms. The van der Waals surface area contributed by atoms with Gasteiger partial charge in [0, 0.05) is 4.70 Å². The van der Waals surface area contributed by atoms with Gasteiger partial charge in [-0.15, -0.1) is 4.91 Å². The summed E-state index contributed by atoms with van der Waals surface area (Å²) in [7, 11) is 0. The quantitative estimate of drug-likeness (QED) is 0.444. The average Bonchev–Trinajstić information content (AvgIpc) is 0.918. The lowest BCUT2D eigenvalue weighted by Gasteiger charge is -1.20. The van der Waals surface area contributed by atoms with Crippen molar-refractivity contribution >= 4 is 11.8 Å². The van der Waals surface area contributed by atoms with Crippen molar-refractivity contribution in [1.29, 1.82) is 0 Å². The van der Waals surface area contributed by atoms with Crippen molar-refractivity contribution in [1.82, 2.24) is 6.15 Å². The second kappa shape index (κ2) is 13.5. The zero-order chi connectivity index (χ0) is 2.71. The van der Waals surface area contributed by atoms with E-state index in [0.29, 0.717) is 0 Å². The highest BCUT2D eigenvalue weighted by Crippen LogP contribution is 1.60. The van der Waals surface area contributed by atoms with E-state index < -0.39 is 0 Å². The van der Waals surface area contributed by atoms with Crippen LogP contribution in [0.25, 0.3) is 0 Å². The fraction of sp³-hybridized carbons (Fsp3) is 0. The minimum Gasteiger partial charge on any atom is -0.344 e. The number of rotatable bonds is 0. The van der Waals surface area contributed by atoms with E-state index in [-0.39, 0.29) is 6.15 Å². The van der Waals surface area contributed by atoms with Crippen molar-refractivity contribution in [2.45, 2.75) is 0 Å². The van der Waals surface area contributed by atoms with Crippen molar-refractivity contribution in [3.05, 3.63) is 4.91 Å². The van der Waals surface area contributed by atoms with Crippen LogP contribution in [-0.4, -0.2) is 0 Å². The van der Waals surface area contributed by atoms with Crippen LogP contribution in [0, 0.1) is 4.91 Å². The summed E-state index contributed by atoms with van der Waals surface area (Å²) in [6.07, 6.45) is 0. The molecular formula is H3ClN2O. The van der Waals surface area contributed by atoms with E-state index in [4.69, 9.17) is 4.91 Å². The summed E-state index contributed by atoms with van der Waals surface area (Å²) in [5, 5.41) is 0. The molecule has 3 nitrogen and oxygen atoms in total. The molecule has 0 atom stereocenters. The molecule has 0 aromatic heterocycles. The van der Waals surface area contributed by atoms with Gasteiger partial charge in [0.1, 0.15) is 0 Å². The van der Waals surface area contributed by atoms with Gasteiger partial charge in [0.15, 0.2) is 0 Å². The number of hydrogen-bond acceptors (Lipinski definition) is 3. The molecule has 26 valence electrons. The predicted molar refractivity (Wildman–Crippen MR) is 16.7 cm³/mol. The van der Waals surface area contributed by atoms with E-state index in [1.807, 2.05) is 0 Å². The molecule has 0 amide bonds. The highest BCUT2D eigenvalue weighted by Gasteiger charge is 1.26. The normalized spacial score (nSPS) is 3.25. The molecule has 0 aromatic rings. The lowest BCUT2D eigenvalue weighted by atomic mass is 13.7. The van der Waals surface area contributed by atoms with Gasteiger partial charge in [-0.2, -0.15) is 0 Å². The molecule has 0 bridgehead atoms. The first kappa shape index (κ1) is 9.14. The smallest absolute Gasteiger partial charge is 0.0835 e. The molecule has 0 spiro atoms. The van der Waals surface area contributed by atoms with Crippen molar-refractivity contribution < 1.29 is 0 Å². The number of nitrogens with zero attached hydrogens (tertiary/aromatic N) is 1. The number of hydrogen-bond donors (Lipinski definition) is 1. The molecule has 0 unspecified atom stereocenters. The third kappa shape index (κ3) is 59.4. The Bertz CT molecular complexity index is 13.5. The summed E-state index contributed by atoms with van der Waals surface area (Å²) in [4.78, 5) is 8.32. The fourth-order valence-corrected chi connectivity index (χ4v) is 0. The maximum absolute atomic E-state index is 8.32. The van der Waals surface area contributed by atoms with Gasteiger partial charge in [-0.3, -0.25) is 0 Å². The Hall–Kier alpha value is -0.150. The largest absolute Gasteiger partial charge is 0.344 e. The molecule has 0 heterocycles. The standard InChI is InChI=1S/ClNO.H3N/c1-2-3;/h;1H3. The summed E-state index contributed by atoms with van der Waals surface area (Å²) in [5.74, 6) is 0. The van der Waals surface area contributed by atoms with E-state index >= 15 is 0 Å². The van der Waals surface area contributed by atoms with E-state index in [1.165, 1.54) is 0 Å². The van der Waals surface area contributed by atoms with Crippen molar-refractivity contribution in [2.24, 2.45) is 4.70 Å². The van der Waals surface area contributed by atoms with Crippen LogP contribution in [0.4, 0.5) is 0 Å². The lowest BCUT2D eigenvalue weighted by molar-refractivity contribution is 1.85. The maximum atomic E-state index is 8.32. The van der Waals surface area contributed by atoms with Gasteiger partial charge < -0.3 is 6.15 Å². The molecule has 3 N–H and O–H groups in total. The van der Waals surface area contributed by atoms with Crippen molar-refractivity contribution in [3.63, 3.8) is 0 Å². The molecule has 0 aliphatic heterocycles. The third-order valence-electron chi connectivity index (χ3n) is 0. The first-order valence-corrected chi connectivity index (χ1v) is 0.690. The Morgan fingerprint density at radius 2 is 1.75 bits per heavy atom. The Balaban J connectivity index is 0. The average molecular weight is 82.5 g/mol. The third-order valence-corrected chi connectivity index (χ3v) is 0. The van der Waals surface area contributed by atoms with Crippen LogP contribution in [0.3, 0.4) is 0 Å². The monoisotopic (exact) mass is 82.0 g/mol. The molecule has 0 aliphatic rings. The Kier molecular flexibility index (Phi) is 30.8. The fourth-order valence-electron chi connectivity index (χ4n) is 0. The second-order valence-corrected chi connectivity index (χ2v) is 0.207. The Morgan fingerprint density at radius 1 is 1.75 bits per heavy atom. The zero-order valence-electron chi connectivity index (χ0n) is 1.94. The lowest BCUT2D eigenvalue weighted by Crippen LogP contribution is -0.941. The van der Waals surface area contributed by atoms with Gasteiger partial charge in [-0.1, -0.05) is 0 Å². The second-order valence-electron chi connectivity index (χ2n) is 0.0690. The van der Waals surface area contributed by atoms with Gasteiger partial charge in [0.05, 0.1) is 11.8 Å². The summed E-state index contributed by atoms with van der Waals surface area (Å²) in [5.41, 5.74) is 0. The summed E-state index contributed by atoms with van der Waals surface area (Å²) < 4.78 is 1.72. The topological polar surface area (TPSA) is 64.4 Å². The highest BCUT2D eigenvalue weighted by atomic mass is 35.5. The molecule has 0 aromatic carbocycles. The predicted octanol–water partition coefficient (Wildman–Crippen LogP) is 1.07. The molecule has 4 heavy (non-hydrogen) atoms. The Morgan fingerprint density at radius 3 is 1.75 bits per heavy atom. The molecule has 0 saturated carbocycles. The first-order chi connectivity index (χ1) is 1.41. The SMILES string of the molecule is N.O=NCl. The molecule has 0 rings (SSSR count). The molecule has 0 fully saturated rings. The maximum Gasteiger partial charge on any atom is 0.0835 e. The number of halogens is 1. The van der Waals surface area contributed by atoms with E-state index in [1.54, 1.807) is 4.70 Å². The number of nitroso groups, excluding NO2 is 1. The minimum absolute atomic E-state index is 0. The summed E-state index contributed by atoms with van der Waals surface area (Å²) in [6.45, 7) is 0. The highest BCUT2D eigenvalue weighted by molar-refractivity contribution is 6.14. The summed E-state index contributed by atoms with van der Waals surface area (Å²) >= 11 is 4.07. The van der Waals surface area contributed by atoms with E-state index in [2.05, 4.69) is 11.8 Å². The van der Waals surface area contributed by atoms with Gasteiger partial charge in [0.2, 0.25) is 0 Å². The first-order valence-electron chi connectivity index (χ1n) is 0.352. The minimum atomic E-state index is 0. The van der Waals surface area contributed by atoms with Crippen LogP contribution in [0.1, 0.15) is 0 Å². The van der Waals surface area contributed by atoms with Gasteiger partial charge >= 0.3 is 0 Å².